The molecule has 0 unspecified atom stereocenters. The van der Waals surface area contributed by atoms with Crippen LogP contribution in [0.4, 0.5) is 14.4 Å². The molecular formula is C34H47Br2N3O6. The van der Waals surface area contributed by atoms with Gasteiger partial charge in [-0.2, -0.15) is 0 Å². The van der Waals surface area contributed by atoms with Crippen molar-refractivity contribution < 1.29 is 28.6 Å². The summed E-state index contributed by atoms with van der Waals surface area (Å²) in [7, 11) is 0. The van der Waals surface area contributed by atoms with Crippen LogP contribution >= 0.6 is 31.9 Å². The van der Waals surface area contributed by atoms with Gasteiger partial charge >= 0.3 is 18.3 Å². The fourth-order valence-electron chi connectivity index (χ4n) is 5.21. The van der Waals surface area contributed by atoms with Crippen molar-refractivity contribution in [1.82, 2.24) is 15.1 Å². The van der Waals surface area contributed by atoms with Crippen molar-refractivity contribution in [2.24, 2.45) is 17.8 Å². The summed E-state index contributed by atoms with van der Waals surface area (Å²) in [6, 6.07) is 16.7. The summed E-state index contributed by atoms with van der Waals surface area (Å²) in [4.78, 5) is 38.3. The number of amides is 3. The zero-order valence-electron chi connectivity index (χ0n) is 27.1. The Labute approximate surface area is 284 Å². The minimum Gasteiger partial charge on any atom is -0.447 e. The van der Waals surface area contributed by atoms with E-state index in [1.807, 2.05) is 24.3 Å². The molecule has 0 spiro atoms. The third-order valence-corrected chi connectivity index (χ3v) is 9.48. The largest absolute Gasteiger partial charge is 0.447 e. The molecule has 3 atom stereocenters. The molecule has 5 rings (SSSR count). The quantitative estimate of drug-likeness (QED) is 0.207. The summed E-state index contributed by atoms with van der Waals surface area (Å²) in [6.07, 6.45) is -0.813. The summed E-state index contributed by atoms with van der Waals surface area (Å²) in [6.45, 7) is 14.9. The van der Waals surface area contributed by atoms with Crippen LogP contribution in [0.2, 0.25) is 0 Å². The normalized spacial score (nSPS) is 20.8. The summed E-state index contributed by atoms with van der Waals surface area (Å²) >= 11 is 6.86. The lowest BCUT2D eigenvalue weighted by molar-refractivity contribution is 0.151. The molecule has 3 fully saturated rings. The predicted octanol–water partition coefficient (Wildman–Crippen LogP) is 7.87. The maximum Gasteiger partial charge on any atom is 0.410 e. The smallest absolute Gasteiger partial charge is 0.410 e. The lowest BCUT2D eigenvalue weighted by Gasteiger charge is -2.28. The van der Waals surface area contributed by atoms with Crippen LogP contribution in [0.15, 0.2) is 48.5 Å². The second-order valence-electron chi connectivity index (χ2n) is 12.4. The summed E-state index contributed by atoms with van der Waals surface area (Å²) in [5, 5.41) is 4.57. The van der Waals surface area contributed by atoms with Crippen molar-refractivity contribution in [3.63, 3.8) is 0 Å². The first kappa shape index (κ1) is 36.7. The molecule has 3 aliphatic rings. The van der Waals surface area contributed by atoms with Gasteiger partial charge in [-0.15, -0.1) is 0 Å². The third kappa shape index (κ3) is 10.4. The van der Waals surface area contributed by atoms with E-state index in [1.54, 1.807) is 9.80 Å². The number of nitrogens with zero attached hydrogens (tertiary/aromatic N) is 2. The van der Waals surface area contributed by atoms with Crippen molar-refractivity contribution in [3.8, 4) is 0 Å². The van der Waals surface area contributed by atoms with Gasteiger partial charge in [-0.3, -0.25) is 9.80 Å². The number of ether oxygens (including phenoxy) is 3. The monoisotopic (exact) mass is 751 g/mol. The van der Waals surface area contributed by atoms with Gasteiger partial charge in [0, 0.05) is 23.7 Å². The second kappa shape index (κ2) is 17.8. The minimum atomic E-state index is -0.284. The van der Waals surface area contributed by atoms with E-state index in [0.29, 0.717) is 50.7 Å². The van der Waals surface area contributed by atoms with Crippen LogP contribution in [0.1, 0.15) is 63.8 Å². The fraction of sp³-hybridized carbons (Fsp3) is 0.559. The Kier molecular flexibility index (Phi) is 14.5. The minimum absolute atomic E-state index is 0.0794. The summed E-state index contributed by atoms with van der Waals surface area (Å²) in [5.74, 6) is 1.12. The van der Waals surface area contributed by atoms with Gasteiger partial charge in [-0.05, 0) is 40.0 Å². The lowest BCUT2D eigenvalue weighted by Crippen LogP contribution is -2.38. The predicted molar refractivity (Wildman–Crippen MR) is 182 cm³/mol. The Bertz CT molecular complexity index is 1190. The van der Waals surface area contributed by atoms with Crippen LogP contribution in [-0.4, -0.2) is 66.0 Å². The number of benzene rings is 2. The van der Waals surface area contributed by atoms with E-state index in [2.05, 4.69) is 108 Å². The average Bonchev–Trinajstić information content (AvgIpc) is 3.73. The highest BCUT2D eigenvalue weighted by atomic mass is 79.9. The summed E-state index contributed by atoms with van der Waals surface area (Å²) < 4.78 is 15.2. The number of carbonyl (C=O) groups is 3. The highest BCUT2D eigenvalue weighted by molar-refractivity contribution is 9.09. The molecular weight excluding hydrogens is 706 g/mol. The van der Waals surface area contributed by atoms with Crippen molar-refractivity contribution in [3.05, 3.63) is 70.8 Å². The Morgan fingerprint density at radius 3 is 1.33 bits per heavy atom. The van der Waals surface area contributed by atoms with Crippen molar-refractivity contribution in [2.75, 3.05) is 19.8 Å². The Hall–Kier alpha value is -2.79. The number of alkyl carbamates (subject to hydrolysis) is 1. The van der Waals surface area contributed by atoms with Crippen molar-refractivity contribution >= 4 is 50.1 Å². The molecule has 2 aromatic rings. The first-order valence-corrected chi connectivity index (χ1v) is 17.8. The number of hydrogen-bond acceptors (Lipinski definition) is 6. The van der Waals surface area contributed by atoms with Crippen LogP contribution in [0.25, 0.3) is 0 Å². The fourth-order valence-corrected chi connectivity index (χ4v) is 6.30. The maximum absolute atomic E-state index is 12.2. The van der Waals surface area contributed by atoms with Crippen molar-refractivity contribution in [2.45, 2.75) is 83.4 Å². The molecule has 3 saturated heterocycles. The zero-order valence-corrected chi connectivity index (χ0v) is 30.3. The Balaban J connectivity index is 0.000000236. The number of nitrogens with one attached hydrogen (secondary N) is 1. The molecule has 3 amide bonds. The van der Waals surface area contributed by atoms with Crippen molar-refractivity contribution in [1.29, 1.82) is 0 Å². The molecule has 2 aromatic carbocycles. The lowest BCUT2D eigenvalue weighted by atomic mass is 10.0. The molecule has 0 aromatic heterocycles. The van der Waals surface area contributed by atoms with E-state index in [1.165, 1.54) is 11.1 Å². The topological polar surface area (TPSA) is 97.4 Å². The first-order chi connectivity index (χ1) is 21.5. The maximum atomic E-state index is 12.2. The van der Waals surface area contributed by atoms with E-state index >= 15 is 0 Å². The molecule has 9 nitrogen and oxygen atoms in total. The highest BCUT2D eigenvalue weighted by Gasteiger charge is 2.37. The molecule has 45 heavy (non-hydrogen) atoms. The van der Waals surface area contributed by atoms with Gasteiger partial charge < -0.3 is 19.5 Å². The van der Waals surface area contributed by atoms with E-state index < -0.39 is 0 Å². The molecule has 0 bridgehead atoms. The average molecular weight is 754 g/mol. The number of alkyl halides is 2. The molecule has 0 radical (unpaired) electrons. The number of hydrogen-bond donors (Lipinski definition) is 1. The summed E-state index contributed by atoms with van der Waals surface area (Å²) in [5.41, 5.74) is 4.80. The molecule has 11 heteroatoms. The van der Waals surface area contributed by atoms with Gasteiger partial charge in [0.2, 0.25) is 0 Å². The van der Waals surface area contributed by atoms with E-state index in [4.69, 9.17) is 9.47 Å². The molecule has 3 heterocycles. The van der Waals surface area contributed by atoms with Crippen LogP contribution in [0, 0.1) is 17.8 Å². The number of halogens is 2. The zero-order chi connectivity index (χ0) is 33.1. The molecule has 3 aliphatic heterocycles. The van der Waals surface area contributed by atoms with E-state index in [0.717, 1.165) is 21.8 Å². The Morgan fingerprint density at radius 1 is 0.644 bits per heavy atom. The Morgan fingerprint density at radius 2 is 1.04 bits per heavy atom. The van der Waals surface area contributed by atoms with E-state index in [9.17, 15) is 14.4 Å². The van der Waals surface area contributed by atoms with Crippen LogP contribution in [0.5, 0.6) is 0 Å². The third-order valence-electron chi connectivity index (χ3n) is 8.27. The number of rotatable bonds is 9. The van der Waals surface area contributed by atoms with Gasteiger partial charge in [0.25, 0.3) is 0 Å². The molecule has 248 valence electrons. The van der Waals surface area contributed by atoms with E-state index in [-0.39, 0.29) is 36.4 Å². The highest BCUT2D eigenvalue weighted by Crippen LogP contribution is 2.27. The van der Waals surface area contributed by atoms with Gasteiger partial charge in [-0.1, -0.05) is 122 Å². The van der Waals surface area contributed by atoms with Crippen LogP contribution in [0.3, 0.4) is 0 Å². The van der Waals surface area contributed by atoms with Gasteiger partial charge in [0.15, 0.2) is 0 Å². The van der Waals surface area contributed by atoms with Crippen LogP contribution < -0.4 is 5.32 Å². The number of carbonyl (C=O) groups excluding carboxylic acids is 3. The molecule has 1 N–H and O–H groups in total. The first-order valence-electron chi connectivity index (χ1n) is 15.5. The standard InChI is InChI=1S/C20H28N2O4.C8H8Br2.C6H11NO2/c1-13(2)17-11-25-19(23)21(17)9-15-7-5-6-8-16(15)10-22-18(14(3)4)12-26-20(22)24;9-5-7-3-1-2-4-8(7)6-10;1-4(2)5-3-9-6(8)7-5/h5-8,13-14,17-18H,9-12H2,1-4H3;1-4H,5-6H2;4-5H,3H2,1-2H3,(H,7,8)/t17-,18-;;5-/m1.1/s1. The second-order valence-corrected chi connectivity index (χ2v) is 13.6. The van der Waals surface area contributed by atoms with Crippen LogP contribution in [-0.2, 0) is 38.0 Å². The SMILES string of the molecule is BrCc1ccccc1CBr.CC(C)[C@H]1COC(=O)N1.CC(C)[C@H]1COC(=O)N1Cc1ccccc1CN1C(=O)OC[C@@H]1C(C)C. The number of cyclic esters (lactones) is 3. The molecule has 0 saturated carbocycles. The van der Waals surface area contributed by atoms with Gasteiger partial charge in [0.05, 0.1) is 18.1 Å². The molecule has 0 aliphatic carbocycles. The van der Waals surface area contributed by atoms with Gasteiger partial charge in [0.1, 0.15) is 19.8 Å². The van der Waals surface area contributed by atoms with Gasteiger partial charge in [-0.25, -0.2) is 14.4 Å².